The van der Waals surface area contributed by atoms with Crippen LogP contribution in [-0.2, 0) is 6.42 Å². The van der Waals surface area contributed by atoms with E-state index >= 15 is 0 Å². The number of aryl methyl sites for hydroxylation is 2. The van der Waals surface area contributed by atoms with E-state index in [1.807, 2.05) is 10.7 Å². The molecule has 3 heterocycles. The van der Waals surface area contributed by atoms with Crippen molar-refractivity contribution in [1.82, 2.24) is 25.1 Å². The molecule has 3 aromatic rings. The quantitative estimate of drug-likeness (QED) is 0.677. The van der Waals surface area contributed by atoms with Crippen molar-refractivity contribution in [3.8, 4) is 22.9 Å². The van der Waals surface area contributed by atoms with Crippen LogP contribution in [0.2, 0.25) is 0 Å². The molecule has 0 aliphatic carbocycles. The van der Waals surface area contributed by atoms with Gasteiger partial charge in [0.1, 0.15) is 6.04 Å². The van der Waals surface area contributed by atoms with Crippen LogP contribution in [-0.4, -0.2) is 52.6 Å². The fourth-order valence-electron chi connectivity index (χ4n) is 4.16. The van der Waals surface area contributed by atoms with Gasteiger partial charge in [0, 0.05) is 12.1 Å². The van der Waals surface area contributed by atoms with Gasteiger partial charge in [-0.05, 0) is 72.6 Å². The second-order valence-electron chi connectivity index (χ2n) is 7.57. The molecule has 150 valence electrons. The summed E-state index contributed by atoms with van der Waals surface area (Å²) in [6.07, 6.45) is 0.889. The van der Waals surface area contributed by atoms with Gasteiger partial charge in [0.15, 0.2) is 17.3 Å². The van der Waals surface area contributed by atoms with Crippen LogP contribution in [0.1, 0.15) is 34.1 Å². The van der Waals surface area contributed by atoms with Gasteiger partial charge in [-0.1, -0.05) is 6.07 Å². The van der Waals surface area contributed by atoms with Crippen LogP contribution >= 0.6 is 0 Å². The van der Waals surface area contributed by atoms with Crippen LogP contribution in [0.25, 0.3) is 5.69 Å². The van der Waals surface area contributed by atoms with Gasteiger partial charge in [0.25, 0.3) is 0 Å². The van der Waals surface area contributed by atoms with E-state index in [1.165, 1.54) is 16.7 Å². The summed E-state index contributed by atoms with van der Waals surface area (Å²) in [5.41, 5.74) is 5.57. The first-order valence-corrected chi connectivity index (χ1v) is 9.64. The monoisotopic (exact) mass is 393 g/mol. The van der Waals surface area contributed by atoms with E-state index in [2.05, 4.69) is 59.5 Å². The fraction of sp³-hybridized carbons (Fsp3) is 0.381. The van der Waals surface area contributed by atoms with Crippen molar-refractivity contribution in [2.75, 3.05) is 27.5 Å². The lowest BCUT2D eigenvalue weighted by molar-refractivity contribution is 0.170. The van der Waals surface area contributed by atoms with E-state index < -0.39 is 0 Å². The third-order valence-electron chi connectivity index (χ3n) is 5.87. The number of rotatable bonds is 3. The number of tetrazole rings is 1. The van der Waals surface area contributed by atoms with Gasteiger partial charge in [-0.15, -0.1) is 5.10 Å². The Morgan fingerprint density at radius 1 is 1.14 bits per heavy atom. The Bertz CT molecular complexity index is 1090. The van der Waals surface area contributed by atoms with Crippen molar-refractivity contribution < 1.29 is 14.2 Å². The molecule has 2 aliphatic rings. The summed E-state index contributed by atoms with van der Waals surface area (Å²) >= 11 is 0. The van der Waals surface area contributed by atoms with Crippen LogP contribution in [0.5, 0.6) is 17.2 Å². The fourth-order valence-corrected chi connectivity index (χ4v) is 4.16. The molecule has 1 atom stereocenters. The first kappa shape index (κ1) is 17.9. The Balaban J connectivity index is 1.69. The Morgan fingerprint density at radius 3 is 2.79 bits per heavy atom. The Labute approximate surface area is 169 Å². The normalized spacial score (nSPS) is 18.0. The molecule has 0 spiro atoms. The molecule has 29 heavy (non-hydrogen) atoms. The summed E-state index contributed by atoms with van der Waals surface area (Å²) in [7, 11) is 3.74. The van der Waals surface area contributed by atoms with Gasteiger partial charge in [-0.25, -0.2) is 0 Å². The average Bonchev–Trinajstić information content (AvgIpc) is 3.38. The van der Waals surface area contributed by atoms with E-state index in [9.17, 15) is 0 Å². The number of nitrogens with zero attached hydrogens (tertiary/aromatic N) is 5. The van der Waals surface area contributed by atoms with Gasteiger partial charge in [0.2, 0.25) is 12.5 Å². The minimum Gasteiger partial charge on any atom is -0.492 e. The highest BCUT2D eigenvalue weighted by Gasteiger charge is 2.37. The topological polar surface area (TPSA) is 74.5 Å². The molecule has 0 saturated heterocycles. The zero-order valence-electron chi connectivity index (χ0n) is 17.0. The molecular formula is C21H23N5O3. The van der Waals surface area contributed by atoms with E-state index in [0.29, 0.717) is 11.5 Å². The van der Waals surface area contributed by atoms with Crippen molar-refractivity contribution in [2.24, 2.45) is 0 Å². The highest BCUT2D eigenvalue weighted by molar-refractivity contribution is 5.62. The van der Waals surface area contributed by atoms with Crippen LogP contribution in [0.4, 0.5) is 0 Å². The average molecular weight is 393 g/mol. The molecule has 0 unspecified atom stereocenters. The van der Waals surface area contributed by atoms with Crippen molar-refractivity contribution in [3.63, 3.8) is 0 Å². The van der Waals surface area contributed by atoms with E-state index in [-0.39, 0.29) is 12.8 Å². The third kappa shape index (κ3) is 2.74. The van der Waals surface area contributed by atoms with Gasteiger partial charge in [0.05, 0.1) is 12.8 Å². The highest BCUT2D eigenvalue weighted by atomic mass is 16.7. The van der Waals surface area contributed by atoms with Crippen LogP contribution in [0, 0.1) is 13.8 Å². The van der Waals surface area contributed by atoms with Crippen molar-refractivity contribution in [1.29, 1.82) is 0 Å². The SMILES string of the molecule is COc1c2c(cc3c1[C@@H](c1nnnn1-c1ccc(C)c(C)c1)N(C)CC3)OCO2. The number of hydrogen-bond acceptors (Lipinski definition) is 7. The molecule has 5 rings (SSSR count). The molecule has 0 radical (unpaired) electrons. The Kier molecular flexibility index (Phi) is 4.16. The minimum atomic E-state index is -0.167. The summed E-state index contributed by atoms with van der Waals surface area (Å²) in [6, 6.07) is 8.14. The van der Waals surface area contributed by atoms with E-state index in [1.54, 1.807) is 7.11 Å². The molecule has 8 nitrogen and oxygen atoms in total. The summed E-state index contributed by atoms with van der Waals surface area (Å²) in [5.74, 6) is 2.82. The number of ether oxygens (including phenoxy) is 3. The smallest absolute Gasteiger partial charge is 0.231 e. The van der Waals surface area contributed by atoms with Crippen LogP contribution < -0.4 is 14.2 Å². The predicted molar refractivity (Wildman–Crippen MR) is 106 cm³/mol. The van der Waals surface area contributed by atoms with Gasteiger partial charge >= 0.3 is 0 Å². The zero-order chi connectivity index (χ0) is 20.1. The number of hydrogen-bond donors (Lipinski definition) is 0. The highest BCUT2D eigenvalue weighted by Crippen LogP contribution is 2.50. The number of likely N-dealkylation sites (N-methyl/N-ethyl adjacent to an activating group) is 1. The lowest BCUT2D eigenvalue weighted by Crippen LogP contribution is -2.35. The second kappa shape index (κ2) is 6.73. The summed E-state index contributed by atoms with van der Waals surface area (Å²) in [4.78, 5) is 2.25. The number of methoxy groups -OCH3 is 1. The Morgan fingerprint density at radius 2 is 2.00 bits per heavy atom. The van der Waals surface area contributed by atoms with E-state index in [4.69, 9.17) is 14.2 Å². The van der Waals surface area contributed by atoms with Crippen LogP contribution in [0.3, 0.4) is 0 Å². The molecule has 8 heteroatoms. The molecule has 0 saturated carbocycles. The maximum Gasteiger partial charge on any atom is 0.231 e. The first-order chi connectivity index (χ1) is 14.1. The lowest BCUT2D eigenvalue weighted by atomic mass is 9.90. The molecular weight excluding hydrogens is 370 g/mol. The third-order valence-corrected chi connectivity index (χ3v) is 5.87. The maximum atomic E-state index is 5.80. The van der Waals surface area contributed by atoms with Gasteiger partial charge < -0.3 is 14.2 Å². The van der Waals surface area contributed by atoms with Gasteiger partial charge in [-0.2, -0.15) is 4.68 Å². The first-order valence-electron chi connectivity index (χ1n) is 9.64. The van der Waals surface area contributed by atoms with Gasteiger partial charge in [-0.3, -0.25) is 4.90 Å². The molecule has 2 aromatic carbocycles. The standard InChI is InChI=1S/C21H23N5O3/c1-12-5-6-15(9-13(12)2)26-21(22-23-24-26)18-17-14(7-8-25(18)3)10-16-19(20(17)27-4)29-11-28-16/h5-6,9-10,18H,7-8,11H2,1-4H3/t18-/m0/s1. The second-order valence-corrected chi connectivity index (χ2v) is 7.57. The van der Waals surface area contributed by atoms with Crippen LogP contribution in [0.15, 0.2) is 24.3 Å². The van der Waals surface area contributed by atoms with E-state index in [0.717, 1.165) is 35.8 Å². The summed E-state index contributed by atoms with van der Waals surface area (Å²) in [6.45, 7) is 5.27. The lowest BCUT2D eigenvalue weighted by Gasteiger charge is -2.34. The van der Waals surface area contributed by atoms with Crippen molar-refractivity contribution in [2.45, 2.75) is 26.3 Å². The summed E-state index contributed by atoms with van der Waals surface area (Å²) in [5, 5.41) is 12.7. The molecule has 0 fully saturated rings. The largest absolute Gasteiger partial charge is 0.492 e. The van der Waals surface area contributed by atoms with Crippen molar-refractivity contribution >= 4 is 0 Å². The molecule has 0 N–H and O–H groups in total. The molecule has 2 aliphatic heterocycles. The number of benzene rings is 2. The zero-order valence-corrected chi connectivity index (χ0v) is 17.0. The molecule has 0 amide bonds. The van der Waals surface area contributed by atoms with Crippen molar-refractivity contribution in [3.05, 3.63) is 52.3 Å². The molecule has 0 bridgehead atoms. The number of fused-ring (bicyclic) bond motifs is 2. The minimum absolute atomic E-state index is 0.167. The summed E-state index contributed by atoms with van der Waals surface area (Å²) < 4.78 is 18.9. The maximum absolute atomic E-state index is 5.80. The predicted octanol–water partition coefficient (Wildman–Crippen LogP) is 2.59. The number of aromatic nitrogens is 4. The Hall–Kier alpha value is -3.13. The molecule has 1 aromatic heterocycles.